The van der Waals surface area contributed by atoms with Gasteiger partial charge in [-0.15, -0.1) is 0 Å². The highest BCUT2D eigenvalue weighted by atomic mass is 16.7. The summed E-state index contributed by atoms with van der Waals surface area (Å²) in [6.45, 7) is 9.64. The standard InChI is InChI=1S/C26H52N6O10/c1-20(7-12-37-13-8-27)40-19-23(34)31-21(6-5-10-29-22(33)18-39-17-16-38-14-9-28)24(35)30-11-15-41-32-25(36)42-26(2,3)4/h20-21H,5-19,27-28H2,1-4H3,(H,29,33)(H,30,35)(H,31,34)(H,32,36)/t20?,21-/m0/s1. The van der Waals surface area contributed by atoms with Crippen LogP contribution in [0.15, 0.2) is 0 Å². The van der Waals surface area contributed by atoms with Crippen LogP contribution in [0, 0.1) is 0 Å². The molecule has 0 aliphatic heterocycles. The highest BCUT2D eigenvalue weighted by Gasteiger charge is 2.21. The van der Waals surface area contributed by atoms with Gasteiger partial charge in [-0.05, 0) is 47.0 Å². The van der Waals surface area contributed by atoms with Crippen LogP contribution in [0.5, 0.6) is 0 Å². The number of hydrogen-bond donors (Lipinski definition) is 6. The highest BCUT2D eigenvalue weighted by molar-refractivity contribution is 5.88. The molecule has 0 bridgehead atoms. The fourth-order valence-corrected chi connectivity index (χ4v) is 3.05. The Morgan fingerprint density at radius 2 is 1.43 bits per heavy atom. The first-order valence-electron chi connectivity index (χ1n) is 14.2. The predicted molar refractivity (Wildman–Crippen MR) is 153 cm³/mol. The molecule has 16 nitrogen and oxygen atoms in total. The van der Waals surface area contributed by atoms with E-state index < -0.39 is 29.6 Å². The lowest BCUT2D eigenvalue weighted by atomic mass is 10.1. The second kappa shape index (κ2) is 24.9. The van der Waals surface area contributed by atoms with Gasteiger partial charge in [0.25, 0.3) is 0 Å². The molecule has 4 amide bonds. The largest absolute Gasteiger partial charge is 0.442 e. The van der Waals surface area contributed by atoms with Gasteiger partial charge in [0, 0.05) is 32.8 Å². The van der Waals surface area contributed by atoms with E-state index in [2.05, 4.69) is 21.4 Å². The van der Waals surface area contributed by atoms with Crippen molar-refractivity contribution in [1.82, 2.24) is 21.4 Å². The minimum Gasteiger partial charge on any atom is -0.442 e. The Morgan fingerprint density at radius 1 is 0.762 bits per heavy atom. The van der Waals surface area contributed by atoms with Gasteiger partial charge < -0.3 is 51.1 Å². The number of ether oxygens (including phenoxy) is 5. The Hall–Kier alpha value is -2.60. The maximum Gasteiger partial charge on any atom is 0.431 e. The molecule has 0 saturated heterocycles. The Labute approximate surface area is 248 Å². The van der Waals surface area contributed by atoms with Crippen LogP contribution in [0.4, 0.5) is 4.79 Å². The zero-order chi connectivity index (χ0) is 31.6. The van der Waals surface area contributed by atoms with Crippen molar-refractivity contribution in [2.24, 2.45) is 11.5 Å². The summed E-state index contributed by atoms with van der Waals surface area (Å²) in [5.41, 5.74) is 12.2. The van der Waals surface area contributed by atoms with Crippen molar-refractivity contribution in [3.8, 4) is 0 Å². The summed E-state index contributed by atoms with van der Waals surface area (Å²) in [6.07, 6.45) is 0.228. The Morgan fingerprint density at radius 3 is 2.10 bits per heavy atom. The molecule has 0 saturated carbocycles. The summed E-state index contributed by atoms with van der Waals surface area (Å²) in [6, 6.07) is -0.893. The third-order valence-electron chi connectivity index (χ3n) is 5.00. The fraction of sp³-hybridized carbons (Fsp3) is 0.846. The molecule has 0 radical (unpaired) electrons. The van der Waals surface area contributed by atoms with E-state index in [0.29, 0.717) is 52.4 Å². The van der Waals surface area contributed by atoms with Gasteiger partial charge in [0.15, 0.2) is 0 Å². The van der Waals surface area contributed by atoms with Crippen LogP contribution in [-0.2, 0) is 42.9 Å². The third-order valence-corrected chi connectivity index (χ3v) is 5.00. The zero-order valence-electron chi connectivity index (χ0n) is 25.5. The SMILES string of the molecule is CC(CCOCCN)OCC(=O)N[C@@H](CCCNC(=O)COCCOCCN)C(=O)NCCONC(=O)OC(C)(C)C. The molecule has 0 heterocycles. The minimum atomic E-state index is -0.893. The summed E-state index contributed by atoms with van der Waals surface area (Å²) < 4.78 is 26.3. The molecular formula is C26H52N6O10. The summed E-state index contributed by atoms with van der Waals surface area (Å²) >= 11 is 0. The van der Waals surface area contributed by atoms with Crippen molar-refractivity contribution in [1.29, 1.82) is 0 Å². The minimum absolute atomic E-state index is 0.0359. The van der Waals surface area contributed by atoms with Crippen LogP contribution < -0.4 is 32.9 Å². The summed E-state index contributed by atoms with van der Waals surface area (Å²) in [4.78, 5) is 53.9. The first kappa shape index (κ1) is 39.4. The van der Waals surface area contributed by atoms with Gasteiger partial charge in [-0.1, -0.05) is 0 Å². The lowest BCUT2D eigenvalue weighted by Crippen LogP contribution is -2.49. The molecular weight excluding hydrogens is 556 g/mol. The molecule has 0 aromatic carbocycles. The van der Waals surface area contributed by atoms with Gasteiger partial charge in [0.1, 0.15) is 24.9 Å². The second-order valence-electron chi connectivity index (χ2n) is 10.1. The van der Waals surface area contributed by atoms with Gasteiger partial charge >= 0.3 is 6.09 Å². The van der Waals surface area contributed by atoms with Crippen LogP contribution in [-0.4, -0.2) is 121 Å². The molecule has 0 spiro atoms. The molecule has 0 aromatic rings. The Bertz CT molecular complexity index is 754. The van der Waals surface area contributed by atoms with Gasteiger partial charge in [-0.25, -0.2) is 4.79 Å². The Balaban J connectivity index is 4.60. The molecule has 1 unspecified atom stereocenters. The van der Waals surface area contributed by atoms with E-state index in [1.165, 1.54) is 0 Å². The van der Waals surface area contributed by atoms with Crippen LogP contribution >= 0.6 is 0 Å². The number of hydroxylamine groups is 1. The van der Waals surface area contributed by atoms with Gasteiger partial charge in [-0.2, -0.15) is 5.48 Å². The lowest BCUT2D eigenvalue weighted by Gasteiger charge is -2.20. The van der Waals surface area contributed by atoms with E-state index in [9.17, 15) is 19.2 Å². The van der Waals surface area contributed by atoms with E-state index in [-0.39, 0.29) is 57.9 Å². The number of nitrogens with one attached hydrogen (secondary N) is 4. The number of rotatable bonds is 25. The van der Waals surface area contributed by atoms with Crippen LogP contribution in [0.25, 0.3) is 0 Å². The van der Waals surface area contributed by atoms with Crippen molar-refractivity contribution in [3.05, 3.63) is 0 Å². The topological polar surface area (TPSA) is 224 Å². The lowest BCUT2D eigenvalue weighted by molar-refractivity contribution is -0.133. The van der Waals surface area contributed by atoms with Crippen LogP contribution in [0.2, 0.25) is 0 Å². The van der Waals surface area contributed by atoms with E-state index in [4.69, 9.17) is 40.0 Å². The number of nitrogens with two attached hydrogens (primary N) is 2. The first-order chi connectivity index (χ1) is 20.0. The summed E-state index contributed by atoms with van der Waals surface area (Å²) in [5, 5.41) is 8.02. The van der Waals surface area contributed by atoms with Gasteiger partial charge in [0.2, 0.25) is 17.7 Å². The van der Waals surface area contributed by atoms with E-state index in [1.807, 2.05) is 6.92 Å². The summed E-state index contributed by atoms with van der Waals surface area (Å²) in [5.74, 6) is -1.24. The molecule has 246 valence electrons. The fourth-order valence-electron chi connectivity index (χ4n) is 3.05. The maximum atomic E-state index is 12.8. The average molecular weight is 609 g/mol. The average Bonchev–Trinajstić information content (AvgIpc) is 2.92. The van der Waals surface area contributed by atoms with E-state index >= 15 is 0 Å². The molecule has 2 atom stereocenters. The number of carbonyl (C=O) groups is 4. The van der Waals surface area contributed by atoms with Gasteiger partial charge in [0.05, 0.1) is 39.1 Å². The predicted octanol–water partition coefficient (Wildman–Crippen LogP) is -1.30. The maximum absolute atomic E-state index is 12.8. The molecule has 16 heteroatoms. The Kier molecular flexibility index (Phi) is 23.4. The highest BCUT2D eigenvalue weighted by Crippen LogP contribution is 2.06. The summed E-state index contributed by atoms with van der Waals surface area (Å²) in [7, 11) is 0. The smallest absolute Gasteiger partial charge is 0.431 e. The molecule has 0 rings (SSSR count). The monoisotopic (exact) mass is 608 g/mol. The van der Waals surface area contributed by atoms with Crippen molar-refractivity contribution >= 4 is 23.8 Å². The van der Waals surface area contributed by atoms with Crippen molar-refractivity contribution < 1.29 is 47.7 Å². The van der Waals surface area contributed by atoms with Crippen molar-refractivity contribution in [2.75, 3.05) is 79.0 Å². The molecule has 0 aliphatic rings. The number of amides is 4. The van der Waals surface area contributed by atoms with Crippen LogP contribution in [0.3, 0.4) is 0 Å². The molecule has 0 fully saturated rings. The molecule has 8 N–H and O–H groups in total. The number of carbonyl (C=O) groups excluding carboxylic acids is 4. The molecule has 0 aliphatic carbocycles. The van der Waals surface area contributed by atoms with Gasteiger partial charge in [-0.3, -0.25) is 19.2 Å². The van der Waals surface area contributed by atoms with Crippen molar-refractivity contribution in [3.63, 3.8) is 0 Å². The third kappa shape index (κ3) is 25.1. The molecule has 0 aromatic heterocycles. The first-order valence-corrected chi connectivity index (χ1v) is 14.2. The van der Waals surface area contributed by atoms with E-state index in [0.717, 1.165) is 0 Å². The quantitative estimate of drug-likeness (QED) is 0.0526. The molecule has 42 heavy (non-hydrogen) atoms. The second-order valence-corrected chi connectivity index (χ2v) is 10.1. The zero-order valence-corrected chi connectivity index (χ0v) is 25.5. The normalized spacial score (nSPS) is 12.7. The van der Waals surface area contributed by atoms with Crippen LogP contribution in [0.1, 0.15) is 47.0 Å². The van der Waals surface area contributed by atoms with E-state index in [1.54, 1.807) is 20.8 Å². The van der Waals surface area contributed by atoms with Crippen molar-refractivity contribution in [2.45, 2.75) is 64.7 Å². The number of hydrogen-bond acceptors (Lipinski definition) is 12.